The maximum Gasteiger partial charge on any atom is 0.0851 e. The lowest BCUT2D eigenvalue weighted by Crippen LogP contribution is -2.21. The average Bonchev–Trinajstić information content (AvgIpc) is 1.99. The Bertz CT molecular complexity index is 327. The van der Waals surface area contributed by atoms with Crippen molar-refractivity contribution in [2.24, 2.45) is 0 Å². The fourth-order valence-corrected chi connectivity index (χ4v) is 2.71. The van der Waals surface area contributed by atoms with Crippen LogP contribution >= 0.6 is 15.9 Å². The number of halogens is 1. The number of rotatable bonds is 2. The van der Waals surface area contributed by atoms with Gasteiger partial charge in [0, 0.05) is 4.47 Å². The highest BCUT2D eigenvalue weighted by Crippen LogP contribution is 2.35. The van der Waals surface area contributed by atoms with E-state index < -0.39 is 11.2 Å². The van der Waals surface area contributed by atoms with Crippen LogP contribution in [0.25, 0.3) is 0 Å². The molecule has 1 rings (SSSR count). The minimum absolute atomic E-state index is 0.769. The molecule has 0 aliphatic heterocycles. The van der Waals surface area contributed by atoms with Crippen molar-refractivity contribution >= 4 is 15.9 Å². The average molecular weight is 273 g/mol. The van der Waals surface area contributed by atoms with Gasteiger partial charge in [0.25, 0.3) is 0 Å². The second kappa shape index (κ2) is 3.89. The molecule has 0 saturated carbocycles. The van der Waals surface area contributed by atoms with Gasteiger partial charge in [-0.2, -0.15) is 0 Å². The highest BCUT2D eigenvalue weighted by molar-refractivity contribution is 9.10. The van der Waals surface area contributed by atoms with Crippen LogP contribution in [-0.4, -0.2) is 10.2 Å². The lowest BCUT2D eigenvalue weighted by Gasteiger charge is -2.25. The van der Waals surface area contributed by atoms with Crippen LogP contribution in [0.15, 0.2) is 22.7 Å². The third-order valence-electron chi connectivity index (χ3n) is 2.32. The van der Waals surface area contributed by atoms with Crippen molar-refractivity contribution < 1.29 is 10.2 Å². The molecule has 0 atom stereocenters. The lowest BCUT2D eigenvalue weighted by molar-refractivity contribution is 0.0703. The molecule has 0 aromatic heterocycles. The molecule has 0 aliphatic carbocycles. The lowest BCUT2D eigenvalue weighted by atomic mass is 9.91. The SMILES string of the molecule is CC(C)(O)c1cccc(C(C)(C)O)c1Br. The summed E-state index contributed by atoms with van der Waals surface area (Å²) in [6.07, 6.45) is 0. The van der Waals surface area contributed by atoms with Gasteiger partial charge in [0.05, 0.1) is 11.2 Å². The summed E-state index contributed by atoms with van der Waals surface area (Å²) in [4.78, 5) is 0. The first-order valence-corrected chi connectivity index (χ1v) is 5.67. The van der Waals surface area contributed by atoms with E-state index in [4.69, 9.17) is 0 Å². The predicted octanol–water partition coefficient (Wildman–Crippen LogP) is 2.90. The van der Waals surface area contributed by atoms with E-state index in [1.54, 1.807) is 27.7 Å². The van der Waals surface area contributed by atoms with Crippen LogP contribution in [0.3, 0.4) is 0 Å². The van der Waals surface area contributed by atoms with E-state index in [0.717, 1.165) is 15.6 Å². The molecule has 2 nitrogen and oxygen atoms in total. The van der Waals surface area contributed by atoms with Crippen molar-refractivity contribution in [1.29, 1.82) is 0 Å². The second-order valence-corrected chi connectivity index (χ2v) is 5.58. The van der Waals surface area contributed by atoms with Crippen molar-refractivity contribution in [3.63, 3.8) is 0 Å². The third-order valence-corrected chi connectivity index (χ3v) is 3.17. The molecule has 0 saturated heterocycles. The second-order valence-electron chi connectivity index (χ2n) is 4.79. The Morgan fingerprint density at radius 2 is 1.27 bits per heavy atom. The van der Waals surface area contributed by atoms with E-state index in [1.807, 2.05) is 18.2 Å². The summed E-state index contributed by atoms with van der Waals surface area (Å²) in [6, 6.07) is 5.53. The molecule has 0 heterocycles. The van der Waals surface area contributed by atoms with E-state index in [0.29, 0.717) is 0 Å². The Hall–Kier alpha value is -0.380. The summed E-state index contributed by atoms with van der Waals surface area (Å²) in [6.45, 7) is 6.89. The van der Waals surface area contributed by atoms with E-state index in [9.17, 15) is 10.2 Å². The van der Waals surface area contributed by atoms with Gasteiger partial charge in [-0.3, -0.25) is 0 Å². The van der Waals surface area contributed by atoms with Gasteiger partial charge in [-0.05, 0) is 38.8 Å². The van der Waals surface area contributed by atoms with Crippen LogP contribution in [0.2, 0.25) is 0 Å². The normalized spacial score (nSPS) is 13.0. The molecule has 3 heteroatoms. The van der Waals surface area contributed by atoms with Crippen LogP contribution in [0, 0.1) is 0 Å². The molecule has 0 amide bonds. The first-order chi connectivity index (χ1) is 6.64. The smallest absolute Gasteiger partial charge is 0.0851 e. The number of hydrogen-bond donors (Lipinski definition) is 2. The molecule has 2 N–H and O–H groups in total. The Balaban J connectivity index is 3.37. The molecule has 15 heavy (non-hydrogen) atoms. The Kier molecular flexibility index (Phi) is 3.29. The summed E-state index contributed by atoms with van der Waals surface area (Å²) >= 11 is 3.43. The Labute approximate surface area is 99.1 Å². The number of hydrogen-bond acceptors (Lipinski definition) is 2. The van der Waals surface area contributed by atoms with E-state index >= 15 is 0 Å². The van der Waals surface area contributed by atoms with Crippen LogP contribution < -0.4 is 0 Å². The quantitative estimate of drug-likeness (QED) is 0.869. The molecule has 0 spiro atoms. The zero-order valence-corrected chi connectivity index (χ0v) is 11.1. The first-order valence-electron chi connectivity index (χ1n) is 4.88. The van der Waals surface area contributed by atoms with Crippen LogP contribution in [-0.2, 0) is 11.2 Å². The van der Waals surface area contributed by atoms with Gasteiger partial charge in [0.15, 0.2) is 0 Å². The maximum absolute atomic E-state index is 9.95. The number of benzene rings is 1. The summed E-state index contributed by atoms with van der Waals surface area (Å²) in [5.74, 6) is 0. The molecular weight excluding hydrogens is 256 g/mol. The van der Waals surface area contributed by atoms with Crippen molar-refractivity contribution in [3.05, 3.63) is 33.8 Å². The van der Waals surface area contributed by atoms with Crippen molar-refractivity contribution in [2.75, 3.05) is 0 Å². The van der Waals surface area contributed by atoms with Gasteiger partial charge in [0.1, 0.15) is 0 Å². The van der Waals surface area contributed by atoms with Gasteiger partial charge in [-0.1, -0.05) is 34.1 Å². The molecule has 0 unspecified atom stereocenters. The highest BCUT2D eigenvalue weighted by Gasteiger charge is 2.25. The maximum atomic E-state index is 9.95. The van der Waals surface area contributed by atoms with Crippen LogP contribution in [0.4, 0.5) is 0 Å². The van der Waals surface area contributed by atoms with Gasteiger partial charge >= 0.3 is 0 Å². The van der Waals surface area contributed by atoms with Crippen LogP contribution in [0.5, 0.6) is 0 Å². The minimum Gasteiger partial charge on any atom is -0.386 e. The largest absolute Gasteiger partial charge is 0.386 e. The molecular formula is C12H17BrO2. The van der Waals surface area contributed by atoms with Crippen molar-refractivity contribution in [2.45, 2.75) is 38.9 Å². The van der Waals surface area contributed by atoms with E-state index in [1.165, 1.54) is 0 Å². The van der Waals surface area contributed by atoms with E-state index in [-0.39, 0.29) is 0 Å². The fraction of sp³-hybridized carbons (Fsp3) is 0.500. The monoisotopic (exact) mass is 272 g/mol. The first kappa shape index (κ1) is 12.7. The highest BCUT2D eigenvalue weighted by atomic mass is 79.9. The van der Waals surface area contributed by atoms with Crippen LogP contribution in [0.1, 0.15) is 38.8 Å². The molecule has 0 fully saturated rings. The predicted molar refractivity (Wildman–Crippen MR) is 64.6 cm³/mol. The van der Waals surface area contributed by atoms with Crippen molar-refractivity contribution in [3.8, 4) is 0 Å². The Morgan fingerprint density at radius 3 is 1.53 bits per heavy atom. The number of aliphatic hydroxyl groups is 2. The minimum atomic E-state index is -0.917. The van der Waals surface area contributed by atoms with Gasteiger partial charge < -0.3 is 10.2 Å². The molecule has 1 aromatic carbocycles. The molecule has 0 bridgehead atoms. The zero-order chi connectivity index (χ0) is 11.9. The van der Waals surface area contributed by atoms with Crippen molar-refractivity contribution in [1.82, 2.24) is 0 Å². The molecule has 0 radical (unpaired) electrons. The van der Waals surface area contributed by atoms with Gasteiger partial charge in [0.2, 0.25) is 0 Å². The van der Waals surface area contributed by atoms with Gasteiger partial charge in [-0.25, -0.2) is 0 Å². The summed E-state index contributed by atoms with van der Waals surface area (Å²) in [5.41, 5.74) is -0.274. The third kappa shape index (κ3) is 2.80. The van der Waals surface area contributed by atoms with Gasteiger partial charge in [-0.15, -0.1) is 0 Å². The standard InChI is InChI=1S/C12H17BrO2/c1-11(2,14)8-6-5-7-9(10(8)13)12(3,4)15/h5-7,14-15H,1-4H3. The summed E-state index contributed by atoms with van der Waals surface area (Å²) in [5, 5.41) is 19.9. The fourth-order valence-electron chi connectivity index (χ4n) is 1.48. The topological polar surface area (TPSA) is 40.5 Å². The molecule has 1 aromatic rings. The summed E-state index contributed by atoms with van der Waals surface area (Å²) in [7, 11) is 0. The Morgan fingerprint density at radius 1 is 0.933 bits per heavy atom. The zero-order valence-electron chi connectivity index (χ0n) is 9.50. The molecule has 0 aliphatic rings. The summed E-state index contributed by atoms with van der Waals surface area (Å²) < 4.78 is 0.769. The molecule has 84 valence electrons. The van der Waals surface area contributed by atoms with E-state index in [2.05, 4.69) is 15.9 Å².